The SMILES string of the molecule is c1ccc(-c2cccc(Cn3cnnc3)c2)cc1. The fourth-order valence-corrected chi connectivity index (χ4v) is 1.99. The standard InChI is InChI=1S/C15H13N3/c1-2-6-14(7-3-1)15-8-4-5-13(9-15)10-18-11-16-17-12-18/h1-9,11-12H,10H2. The van der Waals surface area contributed by atoms with Crippen LogP contribution in [-0.4, -0.2) is 14.8 Å². The first kappa shape index (κ1) is 10.7. The van der Waals surface area contributed by atoms with Gasteiger partial charge in [-0.25, -0.2) is 0 Å². The summed E-state index contributed by atoms with van der Waals surface area (Å²) in [5, 5.41) is 7.62. The second-order valence-electron chi connectivity index (χ2n) is 4.20. The van der Waals surface area contributed by atoms with Crippen molar-refractivity contribution in [3.63, 3.8) is 0 Å². The molecule has 18 heavy (non-hydrogen) atoms. The predicted molar refractivity (Wildman–Crippen MR) is 71.0 cm³/mol. The largest absolute Gasteiger partial charge is 0.316 e. The zero-order chi connectivity index (χ0) is 12.2. The van der Waals surface area contributed by atoms with E-state index in [1.165, 1.54) is 16.7 Å². The highest BCUT2D eigenvalue weighted by Crippen LogP contribution is 2.20. The Bertz CT molecular complexity index is 615. The minimum Gasteiger partial charge on any atom is -0.316 e. The predicted octanol–water partition coefficient (Wildman–Crippen LogP) is 2.99. The molecule has 2 aromatic carbocycles. The molecule has 0 spiro atoms. The number of benzene rings is 2. The fraction of sp³-hybridized carbons (Fsp3) is 0.0667. The van der Waals surface area contributed by atoms with Gasteiger partial charge in [0.15, 0.2) is 0 Å². The molecule has 1 heterocycles. The van der Waals surface area contributed by atoms with E-state index in [1.807, 2.05) is 10.6 Å². The molecule has 3 rings (SSSR count). The summed E-state index contributed by atoms with van der Waals surface area (Å²) < 4.78 is 1.96. The Kier molecular flexibility index (Phi) is 2.88. The minimum atomic E-state index is 0.799. The Morgan fingerprint density at radius 2 is 1.50 bits per heavy atom. The van der Waals surface area contributed by atoms with Crippen LogP contribution in [0.2, 0.25) is 0 Å². The first-order valence-corrected chi connectivity index (χ1v) is 5.88. The molecule has 0 radical (unpaired) electrons. The lowest BCUT2D eigenvalue weighted by Gasteiger charge is -2.05. The van der Waals surface area contributed by atoms with Gasteiger partial charge < -0.3 is 4.57 Å². The summed E-state index contributed by atoms with van der Waals surface area (Å²) in [6.07, 6.45) is 3.46. The third kappa shape index (κ3) is 2.30. The van der Waals surface area contributed by atoms with Crippen LogP contribution in [0, 0.1) is 0 Å². The van der Waals surface area contributed by atoms with Gasteiger partial charge in [0.2, 0.25) is 0 Å². The van der Waals surface area contributed by atoms with Gasteiger partial charge in [0.1, 0.15) is 12.7 Å². The highest BCUT2D eigenvalue weighted by molar-refractivity contribution is 5.63. The van der Waals surface area contributed by atoms with Gasteiger partial charge in [0.05, 0.1) is 6.54 Å². The van der Waals surface area contributed by atoms with Crippen LogP contribution in [-0.2, 0) is 6.54 Å². The lowest BCUT2D eigenvalue weighted by molar-refractivity contribution is 0.794. The quantitative estimate of drug-likeness (QED) is 0.698. The van der Waals surface area contributed by atoms with Crippen molar-refractivity contribution in [2.24, 2.45) is 0 Å². The van der Waals surface area contributed by atoms with Gasteiger partial charge in [0, 0.05) is 0 Å². The molecule has 0 unspecified atom stereocenters. The molecule has 0 saturated carbocycles. The maximum absolute atomic E-state index is 3.81. The van der Waals surface area contributed by atoms with E-state index in [9.17, 15) is 0 Å². The number of hydrogen-bond donors (Lipinski definition) is 0. The van der Waals surface area contributed by atoms with Crippen molar-refractivity contribution in [2.45, 2.75) is 6.54 Å². The Morgan fingerprint density at radius 1 is 0.778 bits per heavy atom. The molecule has 0 aliphatic carbocycles. The second kappa shape index (κ2) is 4.84. The van der Waals surface area contributed by atoms with E-state index in [0.717, 1.165) is 6.54 Å². The lowest BCUT2D eigenvalue weighted by Crippen LogP contribution is -1.96. The van der Waals surface area contributed by atoms with Crippen LogP contribution in [0.25, 0.3) is 11.1 Å². The Hall–Kier alpha value is -2.42. The van der Waals surface area contributed by atoms with E-state index in [0.29, 0.717) is 0 Å². The zero-order valence-corrected chi connectivity index (χ0v) is 9.90. The van der Waals surface area contributed by atoms with Crippen LogP contribution in [0.3, 0.4) is 0 Å². The van der Waals surface area contributed by atoms with Crippen molar-refractivity contribution in [1.29, 1.82) is 0 Å². The number of nitrogens with zero attached hydrogens (tertiary/aromatic N) is 3. The monoisotopic (exact) mass is 235 g/mol. The van der Waals surface area contributed by atoms with E-state index in [2.05, 4.69) is 58.7 Å². The van der Waals surface area contributed by atoms with E-state index in [1.54, 1.807) is 12.7 Å². The Morgan fingerprint density at radius 3 is 2.28 bits per heavy atom. The minimum absolute atomic E-state index is 0.799. The first-order valence-electron chi connectivity index (χ1n) is 5.88. The van der Waals surface area contributed by atoms with Gasteiger partial charge in [0.25, 0.3) is 0 Å². The molecular formula is C15H13N3. The molecule has 3 nitrogen and oxygen atoms in total. The summed E-state index contributed by atoms with van der Waals surface area (Å²) in [6.45, 7) is 0.799. The van der Waals surface area contributed by atoms with Gasteiger partial charge >= 0.3 is 0 Å². The van der Waals surface area contributed by atoms with Crippen LogP contribution in [0.15, 0.2) is 67.3 Å². The highest BCUT2D eigenvalue weighted by atomic mass is 15.2. The molecule has 0 fully saturated rings. The maximum atomic E-state index is 3.81. The molecular weight excluding hydrogens is 222 g/mol. The molecule has 3 aromatic rings. The van der Waals surface area contributed by atoms with E-state index < -0.39 is 0 Å². The summed E-state index contributed by atoms with van der Waals surface area (Å²) in [5.74, 6) is 0. The van der Waals surface area contributed by atoms with Gasteiger partial charge in [-0.3, -0.25) is 0 Å². The number of rotatable bonds is 3. The number of hydrogen-bond acceptors (Lipinski definition) is 2. The normalized spacial score (nSPS) is 10.4. The van der Waals surface area contributed by atoms with Crippen molar-refractivity contribution in [1.82, 2.24) is 14.8 Å². The van der Waals surface area contributed by atoms with Gasteiger partial charge in [-0.2, -0.15) is 0 Å². The van der Waals surface area contributed by atoms with Crippen LogP contribution in [0.4, 0.5) is 0 Å². The summed E-state index contributed by atoms with van der Waals surface area (Å²) in [7, 11) is 0. The van der Waals surface area contributed by atoms with Gasteiger partial charge in [-0.15, -0.1) is 10.2 Å². The maximum Gasteiger partial charge on any atom is 0.119 e. The van der Waals surface area contributed by atoms with Crippen LogP contribution in [0.1, 0.15) is 5.56 Å². The highest BCUT2D eigenvalue weighted by Gasteiger charge is 1.99. The number of aromatic nitrogens is 3. The van der Waals surface area contributed by atoms with E-state index in [4.69, 9.17) is 0 Å². The van der Waals surface area contributed by atoms with E-state index >= 15 is 0 Å². The van der Waals surface area contributed by atoms with Crippen LogP contribution < -0.4 is 0 Å². The Balaban J connectivity index is 1.90. The lowest BCUT2D eigenvalue weighted by atomic mass is 10.0. The molecule has 3 heteroatoms. The van der Waals surface area contributed by atoms with Crippen molar-refractivity contribution >= 4 is 0 Å². The van der Waals surface area contributed by atoms with Crippen molar-refractivity contribution in [3.8, 4) is 11.1 Å². The zero-order valence-electron chi connectivity index (χ0n) is 9.90. The first-order chi connectivity index (χ1) is 8.92. The van der Waals surface area contributed by atoms with Crippen molar-refractivity contribution in [3.05, 3.63) is 72.8 Å². The third-order valence-corrected chi connectivity index (χ3v) is 2.87. The average Bonchev–Trinajstić information content (AvgIpc) is 2.93. The van der Waals surface area contributed by atoms with Gasteiger partial charge in [-0.1, -0.05) is 48.5 Å². The molecule has 0 saturated heterocycles. The summed E-state index contributed by atoms with van der Waals surface area (Å²) in [5.41, 5.74) is 3.72. The van der Waals surface area contributed by atoms with Gasteiger partial charge in [-0.05, 0) is 22.8 Å². The molecule has 88 valence electrons. The topological polar surface area (TPSA) is 30.7 Å². The smallest absolute Gasteiger partial charge is 0.119 e. The fourth-order valence-electron chi connectivity index (χ4n) is 1.99. The molecule has 0 N–H and O–H groups in total. The van der Waals surface area contributed by atoms with Crippen LogP contribution in [0.5, 0.6) is 0 Å². The van der Waals surface area contributed by atoms with Crippen molar-refractivity contribution in [2.75, 3.05) is 0 Å². The average molecular weight is 235 g/mol. The summed E-state index contributed by atoms with van der Waals surface area (Å²) in [4.78, 5) is 0. The third-order valence-electron chi connectivity index (χ3n) is 2.87. The van der Waals surface area contributed by atoms with E-state index in [-0.39, 0.29) is 0 Å². The second-order valence-corrected chi connectivity index (χ2v) is 4.20. The molecule has 0 bridgehead atoms. The van der Waals surface area contributed by atoms with Crippen LogP contribution >= 0.6 is 0 Å². The molecule has 1 aromatic heterocycles. The Labute approximate surface area is 106 Å². The summed E-state index contributed by atoms with van der Waals surface area (Å²) >= 11 is 0. The molecule has 0 amide bonds. The summed E-state index contributed by atoms with van der Waals surface area (Å²) in [6, 6.07) is 18.9. The molecule has 0 aliphatic rings. The molecule has 0 atom stereocenters. The molecule has 0 aliphatic heterocycles. The van der Waals surface area contributed by atoms with Crippen molar-refractivity contribution < 1.29 is 0 Å².